The van der Waals surface area contributed by atoms with Crippen LogP contribution in [0.25, 0.3) is 0 Å². The molecule has 1 aromatic carbocycles. The van der Waals surface area contributed by atoms with Crippen molar-refractivity contribution >= 4 is 33.7 Å². The summed E-state index contributed by atoms with van der Waals surface area (Å²) in [6.45, 7) is 0. The topological polar surface area (TPSA) is 50.2 Å². The first-order chi connectivity index (χ1) is 8.58. The molecular formula is C12H7BrFNO2S. The van der Waals surface area contributed by atoms with Crippen molar-refractivity contribution in [2.45, 2.75) is 9.79 Å². The molecule has 0 spiro atoms. The van der Waals surface area contributed by atoms with E-state index < -0.39 is 11.8 Å². The van der Waals surface area contributed by atoms with E-state index in [-0.39, 0.29) is 10.5 Å². The van der Waals surface area contributed by atoms with Gasteiger partial charge in [0.05, 0.1) is 5.56 Å². The maximum absolute atomic E-state index is 13.6. The Hall–Kier alpha value is -1.40. The van der Waals surface area contributed by atoms with Gasteiger partial charge in [0.1, 0.15) is 5.82 Å². The first-order valence-electron chi connectivity index (χ1n) is 4.88. The number of hydrogen-bond acceptors (Lipinski definition) is 3. The van der Waals surface area contributed by atoms with Gasteiger partial charge in [0, 0.05) is 26.7 Å². The van der Waals surface area contributed by atoms with Crippen molar-refractivity contribution in [3.8, 4) is 0 Å². The Morgan fingerprint density at radius 2 is 2.11 bits per heavy atom. The predicted molar refractivity (Wildman–Crippen MR) is 69.4 cm³/mol. The van der Waals surface area contributed by atoms with Crippen LogP contribution in [0.3, 0.4) is 0 Å². The minimum atomic E-state index is -1.08. The van der Waals surface area contributed by atoms with Crippen LogP contribution >= 0.6 is 27.7 Å². The molecule has 0 unspecified atom stereocenters. The number of aromatic carboxylic acids is 1. The lowest BCUT2D eigenvalue weighted by Crippen LogP contribution is -1.97. The van der Waals surface area contributed by atoms with Crippen LogP contribution in [0.4, 0.5) is 4.39 Å². The van der Waals surface area contributed by atoms with Crippen molar-refractivity contribution in [2.24, 2.45) is 0 Å². The fraction of sp³-hybridized carbons (Fsp3) is 0. The molecule has 92 valence electrons. The zero-order chi connectivity index (χ0) is 13.1. The maximum Gasteiger partial charge on any atom is 0.335 e. The number of rotatable bonds is 3. The first kappa shape index (κ1) is 13.0. The molecule has 0 radical (unpaired) electrons. The van der Waals surface area contributed by atoms with Crippen LogP contribution < -0.4 is 0 Å². The molecule has 1 aromatic heterocycles. The highest BCUT2D eigenvalue weighted by Gasteiger charge is 2.11. The van der Waals surface area contributed by atoms with Gasteiger partial charge >= 0.3 is 5.97 Å². The Balaban J connectivity index is 2.37. The van der Waals surface area contributed by atoms with Crippen LogP contribution in [0.15, 0.2) is 50.9 Å². The number of halogens is 2. The summed E-state index contributed by atoms with van der Waals surface area (Å²) in [6.07, 6.45) is 3.19. The van der Waals surface area contributed by atoms with Gasteiger partial charge in [-0.15, -0.1) is 0 Å². The summed E-state index contributed by atoms with van der Waals surface area (Å²) in [6, 6.07) is 5.43. The van der Waals surface area contributed by atoms with Crippen LogP contribution in [0.2, 0.25) is 0 Å². The Bertz CT molecular complexity index is 606. The van der Waals surface area contributed by atoms with E-state index in [1.807, 2.05) is 0 Å². The van der Waals surface area contributed by atoms with Gasteiger partial charge in [0.25, 0.3) is 0 Å². The molecule has 1 heterocycles. The van der Waals surface area contributed by atoms with E-state index in [2.05, 4.69) is 20.9 Å². The molecule has 0 saturated carbocycles. The average Bonchev–Trinajstić information content (AvgIpc) is 2.34. The van der Waals surface area contributed by atoms with Gasteiger partial charge in [-0.25, -0.2) is 9.18 Å². The molecule has 3 nitrogen and oxygen atoms in total. The summed E-state index contributed by atoms with van der Waals surface area (Å²) in [5, 5.41) is 8.87. The van der Waals surface area contributed by atoms with E-state index in [9.17, 15) is 9.18 Å². The molecule has 0 bridgehead atoms. The number of aromatic nitrogens is 1. The smallest absolute Gasteiger partial charge is 0.335 e. The van der Waals surface area contributed by atoms with Crippen molar-refractivity contribution in [2.75, 3.05) is 0 Å². The number of nitrogens with zero attached hydrogens (tertiary/aromatic N) is 1. The molecule has 0 aliphatic rings. The molecule has 2 aromatic rings. The quantitative estimate of drug-likeness (QED) is 0.930. The van der Waals surface area contributed by atoms with Gasteiger partial charge in [-0.1, -0.05) is 11.8 Å². The monoisotopic (exact) mass is 327 g/mol. The third kappa shape index (κ3) is 2.88. The van der Waals surface area contributed by atoms with Gasteiger partial charge in [-0.2, -0.15) is 0 Å². The number of hydrogen-bond donors (Lipinski definition) is 1. The lowest BCUT2D eigenvalue weighted by molar-refractivity contribution is 0.0696. The van der Waals surface area contributed by atoms with Crippen LogP contribution in [0.1, 0.15) is 10.4 Å². The van der Waals surface area contributed by atoms with Crippen LogP contribution in [-0.2, 0) is 0 Å². The van der Waals surface area contributed by atoms with Gasteiger partial charge in [0.2, 0.25) is 0 Å². The van der Waals surface area contributed by atoms with E-state index in [1.54, 1.807) is 18.5 Å². The van der Waals surface area contributed by atoms with E-state index in [0.29, 0.717) is 0 Å². The fourth-order valence-electron chi connectivity index (χ4n) is 1.28. The second-order valence-electron chi connectivity index (χ2n) is 3.36. The summed E-state index contributed by atoms with van der Waals surface area (Å²) >= 11 is 4.45. The number of carbonyl (C=O) groups is 1. The second-order valence-corrected chi connectivity index (χ2v) is 5.30. The molecule has 2 rings (SSSR count). The summed E-state index contributed by atoms with van der Waals surface area (Å²) < 4.78 is 14.3. The SMILES string of the molecule is O=C(O)c1ccc(F)c(Sc2ccncc2Br)c1. The Morgan fingerprint density at radius 3 is 2.78 bits per heavy atom. The lowest BCUT2D eigenvalue weighted by Gasteiger charge is -2.05. The highest BCUT2D eigenvalue weighted by Crippen LogP contribution is 2.34. The standard InChI is InChI=1S/C12H7BrFNO2S/c13-8-6-15-4-3-10(8)18-11-5-7(12(16)17)1-2-9(11)14/h1-6H,(H,16,17). The highest BCUT2D eigenvalue weighted by molar-refractivity contribution is 9.10. The lowest BCUT2D eigenvalue weighted by atomic mass is 10.2. The fourth-order valence-corrected chi connectivity index (χ4v) is 2.64. The molecule has 1 N–H and O–H groups in total. The molecule has 0 amide bonds. The normalized spacial score (nSPS) is 10.3. The summed E-state index contributed by atoms with van der Waals surface area (Å²) in [4.78, 5) is 15.8. The number of benzene rings is 1. The van der Waals surface area contributed by atoms with Gasteiger partial charge < -0.3 is 5.11 Å². The zero-order valence-electron chi connectivity index (χ0n) is 8.93. The average molecular weight is 328 g/mol. The van der Waals surface area contributed by atoms with Crippen molar-refractivity contribution in [3.63, 3.8) is 0 Å². The molecule has 0 saturated heterocycles. The largest absolute Gasteiger partial charge is 0.478 e. The number of carboxylic acid groups (broad SMARTS) is 1. The highest BCUT2D eigenvalue weighted by atomic mass is 79.9. The van der Waals surface area contributed by atoms with E-state index in [4.69, 9.17) is 5.11 Å². The van der Waals surface area contributed by atoms with Crippen LogP contribution in [-0.4, -0.2) is 16.1 Å². The summed E-state index contributed by atoms with van der Waals surface area (Å²) in [7, 11) is 0. The summed E-state index contributed by atoms with van der Waals surface area (Å²) in [5.41, 5.74) is 0.0593. The van der Waals surface area contributed by atoms with E-state index in [0.717, 1.165) is 27.2 Å². The van der Waals surface area contributed by atoms with Crippen LogP contribution in [0, 0.1) is 5.82 Å². The minimum absolute atomic E-state index is 0.0593. The molecule has 0 aliphatic carbocycles. The Morgan fingerprint density at radius 1 is 1.33 bits per heavy atom. The molecule has 6 heteroatoms. The first-order valence-corrected chi connectivity index (χ1v) is 6.49. The number of carboxylic acids is 1. The van der Waals surface area contributed by atoms with Crippen molar-refractivity contribution in [1.29, 1.82) is 0 Å². The minimum Gasteiger partial charge on any atom is -0.478 e. The van der Waals surface area contributed by atoms with Gasteiger partial charge in [-0.05, 0) is 40.2 Å². The Kier molecular flexibility index (Phi) is 3.98. The van der Waals surface area contributed by atoms with E-state index in [1.165, 1.54) is 12.1 Å². The third-order valence-corrected chi connectivity index (χ3v) is 4.14. The Labute approximate surface area is 115 Å². The third-order valence-electron chi connectivity index (χ3n) is 2.13. The van der Waals surface area contributed by atoms with Crippen molar-refractivity contribution in [1.82, 2.24) is 4.98 Å². The second kappa shape index (κ2) is 5.49. The number of pyridine rings is 1. The van der Waals surface area contributed by atoms with Crippen molar-refractivity contribution < 1.29 is 14.3 Å². The van der Waals surface area contributed by atoms with Crippen molar-refractivity contribution in [3.05, 3.63) is 52.5 Å². The summed E-state index contributed by atoms with van der Waals surface area (Å²) in [5.74, 6) is -1.53. The zero-order valence-corrected chi connectivity index (χ0v) is 11.3. The molecule has 0 atom stereocenters. The van der Waals surface area contributed by atoms with Crippen LogP contribution in [0.5, 0.6) is 0 Å². The predicted octanol–water partition coefficient (Wildman–Crippen LogP) is 3.83. The molecule has 0 fully saturated rings. The van der Waals surface area contributed by atoms with E-state index >= 15 is 0 Å². The maximum atomic E-state index is 13.6. The van der Waals surface area contributed by atoms with Gasteiger partial charge in [-0.3, -0.25) is 4.98 Å². The molecular weight excluding hydrogens is 321 g/mol. The molecule has 0 aliphatic heterocycles. The molecule has 18 heavy (non-hydrogen) atoms. The van der Waals surface area contributed by atoms with Gasteiger partial charge in [0.15, 0.2) is 0 Å².